The molecule has 2 heterocycles. The maximum Gasteiger partial charge on any atom is 0.373 e. The number of ether oxygens (including phenoxy) is 3. The van der Waals surface area contributed by atoms with Gasteiger partial charge in [0.2, 0.25) is 11.5 Å². The molecule has 14 heteroatoms. The number of rotatable bonds is 9. The fourth-order valence-electron chi connectivity index (χ4n) is 2.98. The summed E-state index contributed by atoms with van der Waals surface area (Å²) in [5, 5.41) is 13.9. The van der Waals surface area contributed by atoms with Gasteiger partial charge < -0.3 is 29.7 Å². The third-order valence-electron chi connectivity index (χ3n) is 4.47. The second-order valence-electron chi connectivity index (χ2n) is 6.72. The van der Waals surface area contributed by atoms with Crippen molar-refractivity contribution in [2.24, 2.45) is 5.73 Å². The number of nitrogens with one attached hydrogen (secondary N) is 1. The minimum Gasteiger partial charge on any atom is -0.493 e. The van der Waals surface area contributed by atoms with Crippen LogP contribution in [0.4, 0.5) is 10.5 Å². The van der Waals surface area contributed by atoms with Gasteiger partial charge in [0, 0.05) is 6.07 Å². The molecule has 0 saturated carbocycles. The summed E-state index contributed by atoms with van der Waals surface area (Å²) in [4.78, 5) is 59.1. The zero-order valence-corrected chi connectivity index (χ0v) is 17.9. The van der Waals surface area contributed by atoms with E-state index in [1.54, 1.807) is 0 Å². The van der Waals surface area contributed by atoms with Gasteiger partial charge in [-0.3, -0.25) is 24.6 Å². The van der Waals surface area contributed by atoms with E-state index in [9.17, 15) is 29.3 Å². The summed E-state index contributed by atoms with van der Waals surface area (Å²) in [5.41, 5.74) is 4.43. The lowest BCUT2D eigenvalue weighted by Crippen LogP contribution is -2.30. The molecule has 0 aliphatic carbocycles. The van der Waals surface area contributed by atoms with Crippen molar-refractivity contribution in [1.29, 1.82) is 0 Å². The molecule has 3 rings (SSSR count). The first-order chi connectivity index (χ1) is 16.1. The molecule has 1 aliphatic rings. The number of urea groups is 1. The third-order valence-corrected chi connectivity index (χ3v) is 4.47. The maximum atomic E-state index is 12.7. The Labute approximate surface area is 191 Å². The molecule has 1 aliphatic heterocycles. The molecule has 2 aromatic rings. The average molecular weight is 474 g/mol. The molecule has 1 aromatic carbocycles. The highest BCUT2D eigenvalue weighted by Crippen LogP contribution is 2.39. The molecule has 1 aromatic heterocycles. The van der Waals surface area contributed by atoms with Gasteiger partial charge in [-0.05, 0) is 29.8 Å². The van der Waals surface area contributed by atoms with Gasteiger partial charge in [0.05, 0.1) is 25.7 Å². The number of carbonyl (C=O) groups excluding carboxylic acids is 4. The van der Waals surface area contributed by atoms with E-state index in [0.29, 0.717) is 0 Å². The number of nitrogens with zero attached hydrogens (tertiary/aromatic N) is 2. The molecule has 178 valence electrons. The Kier molecular flexibility index (Phi) is 6.80. The molecule has 0 unspecified atom stereocenters. The number of esters is 1. The Bertz CT molecular complexity index is 1220. The summed E-state index contributed by atoms with van der Waals surface area (Å²) in [6.45, 7) is -0.895. The first kappa shape index (κ1) is 23.8. The number of amides is 4. The van der Waals surface area contributed by atoms with Crippen LogP contribution in [0.25, 0.3) is 6.08 Å². The van der Waals surface area contributed by atoms with Crippen molar-refractivity contribution < 1.29 is 42.7 Å². The number of nitrogens with two attached hydrogens (primary N) is 1. The van der Waals surface area contributed by atoms with Crippen LogP contribution in [-0.2, 0) is 20.9 Å². The number of carbonyl (C=O) groups is 4. The van der Waals surface area contributed by atoms with Crippen LogP contribution < -0.4 is 20.5 Å². The van der Waals surface area contributed by atoms with Gasteiger partial charge in [0.1, 0.15) is 11.5 Å². The van der Waals surface area contributed by atoms with E-state index in [2.05, 4.69) is 10.1 Å². The zero-order valence-electron chi connectivity index (χ0n) is 17.9. The number of primary amides is 1. The molecule has 1 saturated heterocycles. The van der Waals surface area contributed by atoms with Crippen molar-refractivity contribution >= 4 is 35.6 Å². The molecule has 4 amide bonds. The lowest BCUT2D eigenvalue weighted by molar-refractivity contribution is -0.385. The Morgan fingerprint density at radius 1 is 1.26 bits per heavy atom. The highest BCUT2D eigenvalue weighted by molar-refractivity contribution is 6.13. The first-order valence-corrected chi connectivity index (χ1v) is 9.43. The van der Waals surface area contributed by atoms with Gasteiger partial charge in [0.25, 0.3) is 11.8 Å². The third kappa shape index (κ3) is 4.95. The number of benzene rings is 1. The Balaban J connectivity index is 1.88. The van der Waals surface area contributed by atoms with Gasteiger partial charge in [-0.25, -0.2) is 9.59 Å². The summed E-state index contributed by atoms with van der Waals surface area (Å²) in [6.07, 6.45) is 1.20. The first-order valence-electron chi connectivity index (χ1n) is 9.43. The lowest BCUT2D eigenvalue weighted by Gasteiger charge is -2.11. The Morgan fingerprint density at radius 2 is 2.00 bits per heavy atom. The summed E-state index contributed by atoms with van der Waals surface area (Å²) >= 11 is 0. The minimum absolute atomic E-state index is 0.0955. The summed E-state index contributed by atoms with van der Waals surface area (Å²) in [6, 6.07) is 4.36. The molecule has 0 atom stereocenters. The number of imide groups is 1. The van der Waals surface area contributed by atoms with Crippen molar-refractivity contribution in [3.8, 4) is 11.5 Å². The number of nitro groups is 1. The second-order valence-corrected chi connectivity index (χ2v) is 6.72. The average Bonchev–Trinajstić information content (AvgIpc) is 3.37. The van der Waals surface area contributed by atoms with Crippen molar-refractivity contribution in [2.45, 2.75) is 6.54 Å². The number of methoxy groups -OCH3 is 2. The fraction of sp³-hybridized carbons (Fsp3) is 0.200. The van der Waals surface area contributed by atoms with Crippen LogP contribution >= 0.6 is 0 Å². The monoisotopic (exact) mass is 474 g/mol. The van der Waals surface area contributed by atoms with Crippen molar-refractivity contribution in [1.82, 2.24) is 10.2 Å². The van der Waals surface area contributed by atoms with Crippen LogP contribution in [0.3, 0.4) is 0 Å². The van der Waals surface area contributed by atoms with Crippen LogP contribution in [0.2, 0.25) is 0 Å². The molecule has 14 nitrogen and oxygen atoms in total. The number of furan rings is 1. The normalized spacial score (nSPS) is 14.2. The SMILES string of the molecule is COC(=O)c1ccc(CN2C(=O)N/C(=C\c3cc(OC)c(OCC(N)=O)c([N+](=O)[O-])c3)C2=O)o1. The maximum absolute atomic E-state index is 12.7. The summed E-state index contributed by atoms with van der Waals surface area (Å²) in [7, 11) is 2.40. The lowest BCUT2D eigenvalue weighted by atomic mass is 10.1. The molecule has 0 spiro atoms. The van der Waals surface area contributed by atoms with Crippen LogP contribution in [-0.4, -0.2) is 54.5 Å². The zero-order chi connectivity index (χ0) is 25.0. The van der Waals surface area contributed by atoms with Crippen molar-refractivity contribution in [2.75, 3.05) is 20.8 Å². The van der Waals surface area contributed by atoms with E-state index < -0.39 is 41.0 Å². The topological polar surface area (TPSA) is 194 Å². The summed E-state index contributed by atoms with van der Waals surface area (Å²) in [5.74, 6) is -2.67. The van der Waals surface area contributed by atoms with Gasteiger partial charge in [0.15, 0.2) is 12.4 Å². The predicted octanol–water partition coefficient (Wildman–Crippen LogP) is 0.940. The Hall–Kier alpha value is -4.88. The van der Waals surface area contributed by atoms with Gasteiger partial charge in [-0.2, -0.15) is 0 Å². The Morgan fingerprint density at radius 3 is 2.62 bits per heavy atom. The molecule has 0 bridgehead atoms. The fourth-order valence-corrected chi connectivity index (χ4v) is 2.98. The van der Waals surface area contributed by atoms with Crippen LogP contribution in [0.1, 0.15) is 21.9 Å². The van der Waals surface area contributed by atoms with E-state index in [-0.39, 0.29) is 40.8 Å². The van der Waals surface area contributed by atoms with Crippen molar-refractivity contribution in [3.63, 3.8) is 0 Å². The molecular weight excluding hydrogens is 456 g/mol. The van der Waals surface area contributed by atoms with E-state index in [0.717, 1.165) is 11.0 Å². The van der Waals surface area contributed by atoms with E-state index >= 15 is 0 Å². The molecular formula is C20H18N4O10. The van der Waals surface area contributed by atoms with Gasteiger partial charge in [-0.15, -0.1) is 0 Å². The van der Waals surface area contributed by atoms with Crippen LogP contribution in [0, 0.1) is 10.1 Å². The number of hydrogen-bond acceptors (Lipinski definition) is 10. The highest BCUT2D eigenvalue weighted by atomic mass is 16.6. The van der Waals surface area contributed by atoms with E-state index in [4.69, 9.17) is 19.6 Å². The number of hydrogen-bond donors (Lipinski definition) is 2. The van der Waals surface area contributed by atoms with Crippen molar-refractivity contribution in [3.05, 3.63) is 57.2 Å². The number of nitro benzene ring substituents is 1. The molecule has 0 radical (unpaired) electrons. The standard InChI is InChI=1S/C20H18N4O10/c1-31-15-7-10(6-13(24(29)30)17(15)33-9-16(21)25)5-12-18(26)23(20(28)22-12)8-11-3-4-14(34-11)19(27)32-2/h3-7H,8-9H2,1-2H3,(H2,21,25)(H,22,28)/b12-5-. The largest absolute Gasteiger partial charge is 0.493 e. The second kappa shape index (κ2) is 9.72. The van der Waals surface area contributed by atoms with E-state index in [1.807, 2.05) is 0 Å². The van der Waals surface area contributed by atoms with Crippen LogP contribution in [0.5, 0.6) is 11.5 Å². The molecule has 34 heavy (non-hydrogen) atoms. The van der Waals surface area contributed by atoms with Gasteiger partial charge >= 0.3 is 17.7 Å². The smallest absolute Gasteiger partial charge is 0.373 e. The van der Waals surface area contributed by atoms with E-state index in [1.165, 1.54) is 38.5 Å². The predicted molar refractivity (Wildman–Crippen MR) is 111 cm³/mol. The molecule has 1 fully saturated rings. The highest BCUT2D eigenvalue weighted by Gasteiger charge is 2.35. The minimum atomic E-state index is -0.850. The molecule has 3 N–H and O–H groups in total. The summed E-state index contributed by atoms with van der Waals surface area (Å²) < 4.78 is 20.0. The van der Waals surface area contributed by atoms with Gasteiger partial charge in [-0.1, -0.05) is 0 Å². The van der Waals surface area contributed by atoms with Crippen LogP contribution in [0.15, 0.2) is 34.4 Å². The quantitative estimate of drug-likeness (QED) is 0.174.